The average molecular weight is 287 g/mol. The Kier molecular flexibility index (Phi) is 4.73. The zero-order valence-corrected chi connectivity index (χ0v) is 12.7. The second kappa shape index (κ2) is 6.92. The molecule has 0 spiro atoms. The van der Waals surface area contributed by atoms with Crippen LogP contribution in [0.2, 0.25) is 0 Å². The summed E-state index contributed by atoms with van der Waals surface area (Å²) in [5.74, 6) is 1.02. The molecule has 2 heterocycles. The smallest absolute Gasteiger partial charge is 0.228 e. The maximum atomic E-state index is 12.2. The van der Waals surface area contributed by atoms with E-state index in [0.717, 1.165) is 25.9 Å². The van der Waals surface area contributed by atoms with Gasteiger partial charge in [0.1, 0.15) is 5.82 Å². The van der Waals surface area contributed by atoms with Crippen LogP contribution < -0.4 is 10.2 Å². The summed E-state index contributed by atoms with van der Waals surface area (Å²) >= 11 is 0. The fourth-order valence-corrected chi connectivity index (χ4v) is 3.39. The first-order valence-corrected chi connectivity index (χ1v) is 8.35. The lowest BCUT2D eigenvalue weighted by molar-refractivity contribution is -0.120. The van der Waals surface area contributed by atoms with Gasteiger partial charge in [0.25, 0.3) is 0 Å². The Balaban J connectivity index is 1.57. The summed E-state index contributed by atoms with van der Waals surface area (Å²) in [5.41, 5.74) is 1.17. The Morgan fingerprint density at radius 3 is 2.43 bits per heavy atom. The van der Waals surface area contributed by atoms with Crippen molar-refractivity contribution in [3.05, 3.63) is 18.3 Å². The van der Waals surface area contributed by atoms with Crippen molar-refractivity contribution in [1.82, 2.24) is 4.98 Å². The van der Waals surface area contributed by atoms with Gasteiger partial charge >= 0.3 is 0 Å². The van der Waals surface area contributed by atoms with Crippen LogP contribution in [-0.2, 0) is 4.79 Å². The fourth-order valence-electron chi connectivity index (χ4n) is 3.39. The molecule has 0 aromatic carbocycles. The van der Waals surface area contributed by atoms with E-state index in [1.54, 1.807) is 0 Å². The van der Waals surface area contributed by atoms with Crippen molar-refractivity contribution < 1.29 is 4.79 Å². The molecule has 2 aliphatic rings. The SMILES string of the molecule is O=C(Nc1ccc(N2CCCCC2)cn1)C1CCCCC1. The molecule has 1 aliphatic carbocycles. The van der Waals surface area contributed by atoms with E-state index in [9.17, 15) is 4.79 Å². The van der Waals surface area contributed by atoms with Crippen molar-refractivity contribution in [1.29, 1.82) is 0 Å². The van der Waals surface area contributed by atoms with E-state index in [-0.39, 0.29) is 11.8 Å². The standard InChI is InChI=1S/C17H25N3O/c21-17(14-7-3-1-4-8-14)19-16-10-9-15(13-18-16)20-11-5-2-6-12-20/h9-10,13-14H,1-8,11-12H2,(H,18,19,21). The lowest BCUT2D eigenvalue weighted by atomic mass is 9.89. The lowest BCUT2D eigenvalue weighted by Gasteiger charge is -2.28. The predicted molar refractivity (Wildman–Crippen MR) is 85.5 cm³/mol. The van der Waals surface area contributed by atoms with Crippen LogP contribution in [0.5, 0.6) is 0 Å². The molecule has 0 bridgehead atoms. The van der Waals surface area contributed by atoms with Gasteiger partial charge in [-0.1, -0.05) is 19.3 Å². The van der Waals surface area contributed by atoms with E-state index >= 15 is 0 Å². The molecule has 4 heteroatoms. The molecule has 2 fully saturated rings. The lowest BCUT2D eigenvalue weighted by Crippen LogP contribution is -2.29. The number of aromatic nitrogens is 1. The second-order valence-corrected chi connectivity index (χ2v) is 6.27. The number of hydrogen-bond donors (Lipinski definition) is 1. The van der Waals surface area contributed by atoms with Crippen LogP contribution in [0.3, 0.4) is 0 Å². The van der Waals surface area contributed by atoms with Crippen LogP contribution in [0.15, 0.2) is 18.3 Å². The first-order chi connectivity index (χ1) is 10.3. The number of anilines is 2. The molecule has 1 saturated carbocycles. The highest BCUT2D eigenvalue weighted by Gasteiger charge is 2.21. The normalized spacial score (nSPS) is 20.3. The minimum Gasteiger partial charge on any atom is -0.370 e. The molecule has 1 aromatic rings. The van der Waals surface area contributed by atoms with Crippen LogP contribution in [0.25, 0.3) is 0 Å². The van der Waals surface area contributed by atoms with Crippen molar-refractivity contribution in [3.8, 4) is 0 Å². The highest BCUT2D eigenvalue weighted by atomic mass is 16.1. The summed E-state index contributed by atoms with van der Waals surface area (Å²) in [5, 5.41) is 2.97. The summed E-state index contributed by atoms with van der Waals surface area (Å²) in [6.45, 7) is 2.24. The monoisotopic (exact) mass is 287 g/mol. The fraction of sp³-hybridized carbons (Fsp3) is 0.647. The molecule has 1 aliphatic heterocycles. The predicted octanol–water partition coefficient (Wildman–Crippen LogP) is 3.59. The summed E-state index contributed by atoms with van der Waals surface area (Å²) in [6.07, 6.45) is 11.4. The number of carbonyl (C=O) groups is 1. The van der Waals surface area contributed by atoms with Crippen molar-refractivity contribution in [2.75, 3.05) is 23.3 Å². The van der Waals surface area contributed by atoms with E-state index in [1.807, 2.05) is 12.3 Å². The largest absolute Gasteiger partial charge is 0.370 e. The highest BCUT2D eigenvalue weighted by molar-refractivity contribution is 5.91. The molecule has 0 atom stereocenters. The van der Waals surface area contributed by atoms with E-state index in [2.05, 4.69) is 21.3 Å². The van der Waals surface area contributed by atoms with Gasteiger partial charge in [-0.15, -0.1) is 0 Å². The molecule has 1 saturated heterocycles. The summed E-state index contributed by atoms with van der Waals surface area (Å²) in [4.78, 5) is 19.0. The average Bonchev–Trinajstić information content (AvgIpc) is 2.57. The number of nitrogens with zero attached hydrogens (tertiary/aromatic N) is 2. The Morgan fingerprint density at radius 1 is 1.05 bits per heavy atom. The zero-order valence-electron chi connectivity index (χ0n) is 12.7. The third-order valence-corrected chi connectivity index (χ3v) is 4.70. The van der Waals surface area contributed by atoms with E-state index in [0.29, 0.717) is 5.82 Å². The number of piperidine rings is 1. The number of amides is 1. The third-order valence-electron chi connectivity index (χ3n) is 4.70. The maximum Gasteiger partial charge on any atom is 0.228 e. The zero-order chi connectivity index (χ0) is 14.5. The summed E-state index contributed by atoms with van der Waals surface area (Å²) in [7, 11) is 0. The van der Waals surface area contributed by atoms with Gasteiger partial charge in [0.2, 0.25) is 5.91 Å². The first-order valence-electron chi connectivity index (χ1n) is 8.35. The van der Waals surface area contributed by atoms with Crippen molar-refractivity contribution in [3.63, 3.8) is 0 Å². The number of nitrogens with one attached hydrogen (secondary N) is 1. The van der Waals surface area contributed by atoms with E-state index in [4.69, 9.17) is 0 Å². The molecule has 0 unspecified atom stereocenters. The van der Waals surface area contributed by atoms with Crippen LogP contribution in [-0.4, -0.2) is 24.0 Å². The molecule has 4 nitrogen and oxygen atoms in total. The highest BCUT2D eigenvalue weighted by Crippen LogP contribution is 2.25. The molecule has 0 radical (unpaired) electrons. The van der Waals surface area contributed by atoms with Gasteiger partial charge in [-0.25, -0.2) is 4.98 Å². The third kappa shape index (κ3) is 3.74. The van der Waals surface area contributed by atoms with Gasteiger partial charge in [0.15, 0.2) is 0 Å². The number of hydrogen-bond acceptors (Lipinski definition) is 3. The van der Waals surface area contributed by atoms with Gasteiger partial charge in [-0.3, -0.25) is 4.79 Å². The molecule has 1 N–H and O–H groups in total. The molecule has 1 amide bonds. The first kappa shape index (κ1) is 14.4. The Hall–Kier alpha value is -1.58. The quantitative estimate of drug-likeness (QED) is 0.924. The number of pyridine rings is 1. The molecule has 21 heavy (non-hydrogen) atoms. The van der Waals surface area contributed by atoms with Crippen LogP contribution in [0.4, 0.5) is 11.5 Å². The molecular weight excluding hydrogens is 262 g/mol. The summed E-state index contributed by atoms with van der Waals surface area (Å²) < 4.78 is 0. The Labute approximate surface area is 126 Å². The van der Waals surface area contributed by atoms with Gasteiger partial charge in [-0.2, -0.15) is 0 Å². The van der Waals surface area contributed by atoms with Crippen molar-refractivity contribution >= 4 is 17.4 Å². The number of carbonyl (C=O) groups excluding carboxylic acids is 1. The minimum atomic E-state index is 0.146. The molecule has 114 valence electrons. The van der Waals surface area contributed by atoms with Gasteiger partial charge in [0, 0.05) is 19.0 Å². The summed E-state index contributed by atoms with van der Waals surface area (Å²) in [6, 6.07) is 4.01. The molecular formula is C17H25N3O. The van der Waals surface area contributed by atoms with Gasteiger partial charge in [0.05, 0.1) is 11.9 Å². The molecule has 1 aromatic heterocycles. The Bertz CT molecular complexity index is 459. The second-order valence-electron chi connectivity index (χ2n) is 6.27. The van der Waals surface area contributed by atoms with Gasteiger partial charge in [-0.05, 0) is 44.2 Å². The Morgan fingerprint density at radius 2 is 1.76 bits per heavy atom. The van der Waals surface area contributed by atoms with Crippen LogP contribution >= 0.6 is 0 Å². The van der Waals surface area contributed by atoms with Crippen molar-refractivity contribution in [2.24, 2.45) is 5.92 Å². The van der Waals surface area contributed by atoms with Gasteiger partial charge < -0.3 is 10.2 Å². The van der Waals surface area contributed by atoms with Crippen LogP contribution in [0.1, 0.15) is 51.4 Å². The van der Waals surface area contributed by atoms with E-state index < -0.39 is 0 Å². The van der Waals surface area contributed by atoms with Crippen molar-refractivity contribution in [2.45, 2.75) is 51.4 Å². The number of rotatable bonds is 3. The minimum absolute atomic E-state index is 0.146. The van der Waals surface area contributed by atoms with Crippen LogP contribution in [0, 0.1) is 5.92 Å². The molecule has 3 rings (SSSR count). The van der Waals surface area contributed by atoms with E-state index in [1.165, 1.54) is 44.2 Å². The maximum absolute atomic E-state index is 12.2. The topological polar surface area (TPSA) is 45.2 Å².